The fourth-order valence-electron chi connectivity index (χ4n) is 3.67. The summed E-state index contributed by atoms with van der Waals surface area (Å²) in [6.45, 7) is 2.36. The van der Waals surface area contributed by atoms with E-state index in [1.54, 1.807) is 11.6 Å². The van der Waals surface area contributed by atoms with E-state index >= 15 is 0 Å². The zero-order valence-electron chi connectivity index (χ0n) is 13.4. The molecule has 0 spiro atoms. The summed E-state index contributed by atoms with van der Waals surface area (Å²) in [5.74, 6) is 0.344. The van der Waals surface area contributed by atoms with Gasteiger partial charge in [-0.1, -0.05) is 12.1 Å². The second-order valence-corrected chi connectivity index (χ2v) is 9.31. The van der Waals surface area contributed by atoms with Crippen molar-refractivity contribution in [3.63, 3.8) is 0 Å². The second kappa shape index (κ2) is 5.67. The molecule has 0 N–H and O–H groups in total. The highest BCUT2D eigenvalue weighted by atomic mass is 32.2. The van der Waals surface area contributed by atoms with Crippen molar-refractivity contribution in [2.75, 3.05) is 16.6 Å². The van der Waals surface area contributed by atoms with E-state index in [2.05, 4.69) is 4.98 Å². The normalized spacial score (nSPS) is 19.6. The summed E-state index contributed by atoms with van der Waals surface area (Å²) in [5, 5.41) is 0. The molecule has 1 aliphatic carbocycles. The topological polar surface area (TPSA) is 67.3 Å². The van der Waals surface area contributed by atoms with Crippen LogP contribution < -0.4 is 4.31 Å². The minimum Gasteiger partial charge on any atom is -0.294 e. The van der Waals surface area contributed by atoms with Gasteiger partial charge in [0.15, 0.2) is 5.78 Å². The maximum absolute atomic E-state index is 12.9. The van der Waals surface area contributed by atoms with Gasteiger partial charge in [0.25, 0.3) is 0 Å². The van der Waals surface area contributed by atoms with Crippen LogP contribution in [0.3, 0.4) is 0 Å². The first-order valence-corrected chi connectivity index (χ1v) is 10.5. The van der Waals surface area contributed by atoms with Gasteiger partial charge in [-0.05, 0) is 31.4 Å². The average Bonchev–Trinajstić information content (AvgIpc) is 3.14. The minimum absolute atomic E-state index is 0.0698. The number of carbonyl (C=O) groups is 1. The molecule has 1 atom stereocenters. The molecule has 2 heterocycles. The van der Waals surface area contributed by atoms with Gasteiger partial charge in [0.05, 0.1) is 22.6 Å². The van der Waals surface area contributed by atoms with Crippen molar-refractivity contribution in [2.24, 2.45) is 0 Å². The molecule has 126 valence electrons. The molecular weight excluding hydrogens is 344 g/mol. The summed E-state index contributed by atoms with van der Waals surface area (Å²) in [5.41, 5.74) is 5.00. The summed E-state index contributed by atoms with van der Waals surface area (Å²) < 4.78 is 27.3. The fourth-order valence-corrected chi connectivity index (χ4v) is 6.13. The molecular formula is C17H18N2O3S2. The number of carbonyl (C=O) groups excluding carboxylic acids is 1. The van der Waals surface area contributed by atoms with E-state index in [1.807, 2.05) is 19.1 Å². The van der Waals surface area contributed by atoms with Crippen LogP contribution in [-0.4, -0.2) is 31.5 Å². The number of rotatable bonds is 4. The van der Waals surface area contributed by atoms with Crippen molar-refractivity contribution in [1.82, 2.24) is 4.98 Å². The molecule has 1 aromatic carbocycles. The number of hydrogen-bond donors (Lipinski definition) is 0. The largest absolute Gasteiger partial charge is 0.294 e. The summed E-state index contributed by atoms with van der Waals surface area (Å²) in [7, 11) is -3.41. The summed E-state index contributed by atoms with van der Waals surface area (Å²) in [6.07, 6.45) is 1.73. The summed E-state index contributed by atoms with van der Waals surface area (Å²) >= 11 is 1.50. The van der Waals surface area contributed by atoms with E-state index in [1.165, 1.54) is 15.6 Å². The number of benzene rings is 1. The average molecular weight is 362 g/mol. The molecule has 7 heteroatoms. The number of anilines is 1. The molecule has 0 fully saturated rings. The second-order valence-electron chi connectivity index (χ2n) is 6.36. The van der Waals surface area contributed by atoms with Gasteiger partial charge in [0.2, 0.25) is 10.0 Å². The Bertz CT molecular complexity index is 918. The van der Waals surface area contributed by atoms with Gasteiger partial charge in [0, 0.05) is 29.3 Å². The standard InChI is InChI=1S/C17H18N2O3S2/c1-11-16(23-10-18-11)7-8-24(21,22)19-9-12-5-6-15(20)13-3-2-4-14(19)17(12)13/h2-4,10,12H,5-9H2,1H3. The van der Waals surface area contributed by atoms with Gasteiger partial charge in [0.1, 0.15) is 0 Å². The molecule has 1 aromatic heterocycles. The number of Topliss-reactive ketones (excluding diaryl/α,β-unsaturated/α-hetero) is 1. The quantitative estimate of drug-likeness (QED) is 0.839. The highest BCUT2D eigenvalue weighted by Crippen LogP contribution is 2.45. The smallest absolute Gasteiger partial charge is 0.235 e. The van der Waals surface area contributed by atoms with Crippen molar-refractivity contribution in [2.45, 2.75) is 32.1 Å². The van der Waals surface area contributed by atoms with Gasteiger partial charge >= 0.3 is 0 Å². The van der Waals surface area contributed by atoms with E-state index in [0.29, 0.717) is 30.6 Å². The first kappa shape index (κ1) is 15.8. The van der Waals surface area contributed by atoms with Crippen molar-refractivity contribution in [3.05, 3.63) is 45.4 Å². The van der Waals surface area contributed by atoms with Crippen LogP contribution >= 0.6 is 11.3 Å². The Morgan fingerprint density at radius 2 is 2.21 bits per heavy atom. The lowest BCUT2D eigenvalue weighted by molar-refractivity contribution is 0.0968. The molecule has 0 saturated carbocycles. The van der Waals surface area contributed by atoms with Crippen molar-refractivity contribution < 1.29 is 13.2 Å². The van der Waals surface area contributed by atoms with Crippen LogP contribution in [0.25, 0.3) is 0 Å². The van der Waals surface area contributed by atoms with Crippen LogP contribution in [0.2, 0.25) is 0 Å². The number of sulfonamides is 1. The lowest BCUT2D eigenvalue weighted by Crippen LogP contribution is -2.32. The van der Waals surface area contributed by atoms with Gasteiger partial charge in [-0.15, -0.1) is 11.3 Å². The minimum atomic E-state index is -3.41. The van der Waals surface area contributed by atoms with Crippen molar-refractivity contribution >= 4 is 32.8 Å². The van der Waals surface area contributed by atoms with Gasteiger partial charge in [-0.3, -0.25) is 9.10 Å². The molecule has 2 aromatic rings. The SMILES string of the molecule is Cc1ncsc1CCS(=O)(=O)N1CC2CCC(=O)c3cccc1c32. The number of aromatic nitrogens is 1. The molecule has 2 aliphatic rings. The number of nitrogens with zero attached hydrogens (tertiary/aromatic N) is 2. The lowest BCUT2D eigenvalue weighted by atomic mass is 9.83. The van der Waals surface area contributed by atoms with E-state index in [9.17, 15) is 13.2 Å². The first-order chi connectivity index (χ1) is 11.5. The zero-order valence-corrected chi connectivity index (χ0v) is 15.0. The van der Waals surface area contributed by atoms with E-state index < -0.39 is 10.0 Å². The maximum atomic E-state index is 12.9. The van der Waals surface area contributed by atoms with E-state index in [4.69, 9.17) is 0 Å². The highest BCUT2D eigenvalue weighted by Gasteiger charge is 2.40. The Hall–Kier alpha value is -1.73. The third kappa shape index (κ3) is 2.46. The Labute approximate surface area is 145 Å². The highest BCUT2D eigenvalue weighted by molar-refractivity contribution is 7.92. The molecule has 0 saturated heterocycles. The first-order valence-electron chi connectivity index (χ1n) is 8.03. The Balaban J connectivity index is 1.64. The van der Waals surface area contributed by atoms with Crippen molar-refractivity contribution in [3.8, 4) is 0 Å². The zero-order chi connectivity index (χ0) is 16.9. The molecule has 1 aliphatic heterocycles. The van der Waals surface area contributed by atoms with Crippen LogP contribution in [0.1, 0.15) is 45.3 Å². The predicted molar refractivity (Wildman–Crippen MR) is 94.4 cm³/mol. The summed E-state index contributed by atoms with van der Waals surface area (Å²) in [6, 6.07) is 5.44. The molecule has 4 rings (SSSR count). The van der Waals surface area contributed by atoms with E-state index in [0.717, 1.165) is 22.6 Å². The van der Waals surface area contributed by atoms with E-state index in [-0.39, 0.29) is 17.5 Å². The van der Waals surface area contributed by atoms with Crippen molar-refractivity contribution in [1.29, 1.82) is 0 Å². The predicted octanol–water partition coefficient (Wildman–Crippen LogP) is 2.90. The van der Waals surface area contributed by atoms with Crippen LogP contribution in [0, 0.1) is 6.92 Å². The molecule has 0 radical (unpaired) electrons. The third-order valence-electron chi connectivity index (χ3n) is 4.93. The molecule has 0 bridgehead atoms. The fraction of sp³-hybridized carbons (Fsp3) is 0.412. The molecule has 1 unspecified atom stereocenters. The Morgan fingerprint density at radius 1 is 1.38 bits per heavy atom. The monoisotopic (exact) mass is 362 g/mol. The maximum Gasteiger partial charge on any atom is 0.235 e. The van der Waals surface area contributed by atoms with Gasteiger partial charge < -0.3 is 0 Å². The van der Waals surface area contributed by atoms with Crippen LogP contribution in [0.5, 0.6) is 0 Å². The Morgan fingerprint density at radius 3 is 2.96 bits per heavy atom. The summed E-state index contributed by atoms with van der Waals surface area (Å²) in [4.78, 5) is 17.3. The molecule has 0 amide bonds. The number of hydrogen-bond acceptors (Lipinski definition) is 5. The number of thiazole rings is 1. The molecule has 5 nitrogen and oxygen atoms in total. The Kier molecular flexibility index (Phi) is 3.73. The van der Waals surface area contributed by atoms with Crippen LogP contribution in [-0.2, 0) is 16.4 Å². The third-order valence-corrected chi connectivity index (χ3v) is 7.67. The number of ketones is 1. The lowest BCUT2D eigenvalue weighted by Gasteiger charge is -2.19. The van der Waals surface area contributed by atoms with Gasteiger partial charge in [-0.25, -0.2) is 13.4 Å². The molecule has 24 heavy (non-hydrogen) atoms. The van der Waals surface area contributed by atoms with Gasteiger partial charge in [-0.2, -0.15) is 0 Å². The van der Waals surface area contributed by atoms with Crippen LogP contribution in [0.15, 0.2) is 23.7 Å². The van der Waals surface area contributed by atoms with Crippen LogP contribution in [0.4, 0.5) is 5.69 Å². The number of aryl methyl sites for hydroxylation is 2.